The Morgan fingerprint density at radius 1 is 1.36 bits per heavy atom. The second-order valence-electron chi connectivity index (χ2n) is 5.49. The molecule has 0 saturated carbocycles. The van der Waals surface area contributed by atoms with Crippen molar-refractivity contribution in [2.75, 3.05) is 5.32 Å². The van der Waals surface area contributed by atoms with Gasteiger partial charge < -0.3 is 5.32 Å². The first kappa shape index (κ1) is 17.4. The molecule has 0 bridgehead atoms. The Bertz CT molecular complexity index is 950. The van der Waals surface area contributed by atoms with Crippen LogP contribution in [0.4, 0.5) is 10.1 Å². The molecular formula is C16H14Cl2FN5O. The number of nitrogens with zero attached hydrogens (tertiary/aromatic N) is 4. The molecule has 0 spiro atoms. The lowest BCUT2D eigenvalue weighted by Crippen LogP contribution is -2.16. The third-order valence-corrected chi connectivity index (χ3v) is 4.41. The molecule has 0 unspecified atom stereocenters. The average Bonchev–Trinajstić information content (AvgIpc) is 3.06. The van der Waals surface area contributed by atoms with Gasteiger partial charge in [0.05, 0.1) is 29.1 Å². The highest BCUT2D eigenvalue weighted by molar-refractivity contribution is 6.34. The number of carbonyl (C=O) groups is 1. The Labute approximate surface area is 153 Å². The van der Waals surface area contributed by atoms with E-state index < -0.39 is 5.82 Å². The molecule has 0 aliphatic heterocycles. The minimum absolute atomic E-state index is 0.272. The van der Waals surface area contributed by atoms with E-state index in [0.717, 1.165) is 0 Å². The number of halogens is 3. The molecule has 0 atom stereocenters. The molecule has 130 valence electrons. The topological polar surface area (TPSA) is 64.7 Å². The van der Waals surface area contributed by atoms with E-state index in [0.29, 0.717) is 33.5 Å². The number of aryl methyl sites for hydroxylation is 2. The standard InChI is InChI=1S/C16H14Cl2FN5O/c1-9-14(18)15(23(2)22-9)16(25)21-12-6-20-24(8-12)7-10-3-4-11(19)5-13(10)17/h3-6,8H,7H2,1-2H3,(H,21,25). The van der Waals surface area contributed by atoms with E-state index >= 15 is 0 Å². The summed E-state index contributed by atoms with van der Waals surface area (Å²) in [4.78, 5) is 12.4. The third-order valence-electron chi connectivity index (χ3n) is 3.60. The Balaban J connectivity index is 1.74. The molecule has 0 aliphatic rings. The smallest absolute Gasteiger partial charge is 0.275 e. The number of rotatable bonds is 4. The fourth-order valence-electron chi connectivity index (χ4n) is 2.41. The summed E-state index contributed by atoms with van der Waals surface area (Å²) in [5.41, 5.74) is 2.07. The van der Waals surface area contributed by atoms with Crippen molar-refractivity contribution in [1.82, 2.24) is 19.6 Å². The zero-order valence-electron chi connectivity index (χ0n) is 13.4. The Hall–Kier alpha value is -2.38. The van der Waals surface area contributed by atoms with Gasteiger partial charge in [0, 0.05) is 18.3 Å². The zero-order chi connectivity index (χ0) is 18.1. The van der Waals surface area contributed by atoms with Crippen LogP contribution in [0, 0.1) is 12.7 Å². The number of benzene rings is 1. The van der Waals surface area contributed by atoms with E-state index in [4.69, 9.17) is 23.2 Å². The summed E-state index contributed by atoms with van der Waals surface area (Å²) in [7, 11) is 1.65. The van der Waals surface area contributed by atoms with Crippen molar-refractivity contribution in [2.45, 2.75) is 13.5 Å². The van der Waals surface area contributed by atoms with Crippen LogP contribution in [0.15, 0.2) is 30.6 Å². The van der Waals surface area contributed by atoms with Crippen LogP contribution in [0.25, 0.3) is 0 Å². The third kappa shape index (κ3) is 3.67. The first-order chi connectivity index (χ1) is 11.8. The van der Waals surface area contributed by atoms with Gasteiger partial charge in [0.1, 0.15) is 11.5 Å². The second kappa shape index (κ2) is 6.85. The number of hydrogen-bond acceptors (Lipinski definition) is 3. The van der Waals surface area contributed by atoms with E-state index in [-0.39, 0.29) is 11.6 Å². The van der Waals surface area contributed by atoms with Crippen LogP contribution in [0.2, 0.25) is 10.0 Å². The van der Waals surface area contributed by atoms with Crippen molar-refractivity contribution in [3.8, 4) is 0 Å². The lowest BCUT2D eigenvalue weighted by Gasteiger charge is -2.05. The minimum Gasteiger partial charge on any atom is -0.318 e. The predicted molar refractivity (Wildman–Crippen MR) is 93.6 cm³/mol. The molecule has 1 N–H and O–H groups in total. The maximum absolute atomic E-state index is 13.1. The van der Waals surface area contributed by atoms with E-state index in [1.54, 1.807) is 30.9 Å². The summed E-state index contributed by atoms with van der Waals surface area (Å²) in [5, 5.41) is 11.6. The molecule has 2 aromatic heterocycles. The lowest BCUT2D eigenvalue weighted by atomic mass is 10.2. The van der Waals surface area contributed by atoms with Gasteiger partial charge in [-0.3, -0.25) is 14.2 Å². The molecule has 3 rings (SSSR count). The van der Waals surface area contributed by atoms with Crippen molar-refractivity contribution in [3.05, 3.63) is 63.4 Å². The molecule has 3 aromatic rings. The van der Waals surface area contributed by atoms with Gasteiger partial charge in [0.25, 0.3) is 5.91 Å². The molecule has 0 saturated heterocycles. The van der Waals surface area contributed by atoms with Crippen LogP contribution in [-0.4, -0.2) is 25.5 Å². The van der Waals surface area contributed by atoms with Crippen molar-refractivity contribution in [1.29, 1.82) is 0 Å². The van der Waals surface area contributed by atoms with Crippen molar-refractivity contribution < 1.29 is 9.18 Å². The van der Waals surface area contributed by atoms with Crippen LogP contribution >= 0.6 is 23.2 Å². The monoisotopic (exact) mass is 381 g/mol. The fraction of sp³-hybridized carbons (Fsp3) is 0.188. The highest BCUT2D eigenvalue weighted by Crippen LogP contribution is 2.21. The summed E-state index contributed by atoms with van der Waals surface area (Å²) in [6, 6.07) is 4.17. The molecule has 0 radical (unpaired) electrons. The van der Waals surface area contributed by atoms with Gasteiger partial charge in [-0.2, -0.15) is 10.2 Å². The van der Waals surface area contributed by atoms with Crippen LogP contribution in [0.3, 0.4) is 0 Å². The molecule has 25 heavy (non-hydrogen) atoms. The van der Waals surface area contributed by atoms with Gasteiger partial charge in [-0.25, -0.2) is 4.39 Å². The SMILES string of the molecule is Cc1nn(C)c(C(=O)Nc2cnn(Cc3ccc(F)cc3Cl)c2)c1Cl. The number of aromatic nitrogens is 4. The summed E-state index contributed by atoms with van der Waals surface area (Å²) in [6.07, 6.45) is 3.15. The maximum Gasteiger partial charge on any atom is 0.275 e. The highest BCUT2D eigenvalue weighted by atomic mass is 35.5. The van der Waals surface area contributed by atoms with Gasteiger partial charge >= 0.3 is 0 Å². The number of amides is 1. The van der Waals surface area contributed by atoms with Gasteiger partial charge in [0.15, 0.2) is 0 Å². The fourth-order valence-corrected chi connectivity index (χ4v) is 2.88. The van der Waals surface area contributed by atoms with Crippen molar-refractivity contribution in [2.24, 2.45) is 7.05 Å². The number of nitrogens with one attached hydrogen (secondary N) is 1. The number of anilines is 1. The van der Waals surface area contributed by atoms with E-state index in [1.165, 1.54) is 23.0 Å². The van der Waals surface area contributed by atoms with E-state index in [2.05, 4.69) is 15.5 Å². The Morgan fingerprint density at radius 3 is 2.76 bits per heavy atom. The van der Waals surface area contributed by atoms with E-state index in [1.807, 2.05) is 0 Å². The maximum atomic E-state index is 13.1. The molecule has 1 aromatic carbocycles. The normalized spacial score (nSPS) is 10.9. The first-order valence-electron chi connectivity index (χ1n) is 7.32. The molecule has 2 heterocycles. The van der Waals surface area contributed by atoms with Crippen molar-refractivity contribution >= 4 is 34.8 Å². The second-order valence-corrected chi connectivity index (χ2v) is 6.27. The van der Waals surface area contributed by atoms with Crippen LogP contribution in [-0.2, 0) is 13.6 Å². The predicted octanol–water partition coefficient (Wildman–Crippen LogP) is 3.67. The largest absolute Gasteiger partial charge is 0.318 e. The molecule has 0 fully saturated rings. The summed E-state index contributed by atoms with van der Waals surface area (Å²) in [5.74, 6) is -0.780. The summed E-state index contributed by atoms with van der Waals surface area (Å²) >= 11 is 12.1. The average molecular weight is 382 g/mol. The molecule has 1 amide bonds. The highest BCUT2D eigenvalue weighted by Gasteiger charge is 2.19. The van der Waals surface area contributed by atoms with Crippen molar-refractivity contribution in [3.63, 3.8) is 0 Å². The van der Waals surface area contributed by atoms with Crippen LogP contribution in [0.1, 0.15) is 21.7 Å². The summed E-state index contributed by atoms with van der Waals surface area (Å²) in [6.45, 7) is 2.07. The Morgan fingerprint density at radius 2 is 2.12 bits per heavy atom. The van der Waals surface area contributed by atoms with Gasteiger partial charge in [-0.1, -0.05) is 29.3 Å². The lowest BCUT2D eigenvalue weighted by molar-refractivity contribution is 0.101. The number of carbonyl (C=O) groups excluding carboxylic acids is 1. The molecule has 0 aliphatic carbocycles. The quantitative estimate of drug-likeness (QED) is 0.749. The zero-order valence-corrected chi connectivity index (χ0v) is 14.9. The minimum atomic E-state index is -0.398. The van der Waals surface area contributed by atoms with Crippen LogP contribution < -0.4 is 5.32 Å². The van der Waals surface area contributed by atoms with Gasteiger partial charge in [-0.15, -0.1) is 0 Å². The van der Waals surface area contributed by atoms with Gasteiger partial charge in [0.2, 0.25) is 0 Å². The van der Waals surface area contributed by atoms with Crippen LogP contribution in [0.5, 0.6) is 0 Å². The molecular weight excluding hydrogens is 368 g/mol. The molecule has 6 nitrogen and oxygen atoms in total. The van der Waals surface area contributed by atoms with Gasteiger partial charge in [-0.05, 0) is 24.6 Å². The summed E-state index contributed by atoms with van der Waals surface area (Å²) < 4.78 is 16.1. The van der Waals surface area contributed by atoms with E-state index in [9.17, 15) is 9.18 Å². The molecule has 9 heteroatoms. The Kier molecular flexibility index (Phi) is 4.78. The number of hydrogen-bond donors (Lipinski definition) is 1. The first-order valence-corrected chi connectivity index (χ1v) is 8.07.